The highest BCUT2D eigenvalue weighted by Gasteiger charge is 2.34. The van der Waals surface area contributed by atoms with Gasteiger partial charge in [0, 0.05) is 32.1 Å². The number of carbonyl (C=O) groups excluding carboxylic acids is 1. The van der Waals surface area contributed by atoms with Crippen LogP contribution in [0.5, 0.6) is 5.75 Å². The second-order valence-electron chi connectivity index (χ2n) is 7.36. The van der Waals surface area contributed by atoms with Gasteiger partial charge < -0.3 is 25.0 Å². The van der Waals surface area contributed by atoms with E-state index in [0.29, 0.717) is 44.8 Å². The van der Waals surface area contributed by atoms with Crippen LogP contribution in [-0.4, -0.2) is 53.2 Å². The summed E-state index contributed by atoms with van der Waals surface area (Å²) in [6, 6.07) is 15.8. The zero-order chi connectivity index (χ0) is 20.2. The lowest BCUT2D eigenvalue weighted by atomic mass is 10.1. The Hall–Kier alpha value is -3.06. The minimum absolute atomic E-state index is 0.0185. The Bertz CT molecular complexity index is 900. The number of hydrogen-bond donors (Lipinski definition) is 2. The number of aliphatic hydroxyl groups is 1. The van der Waals surface area contributed by atoms with E-state index in [-0.39, 0.29) is 5.91 Å². The molecule has 7 heteroatoms. The molecule has 4 rings (SSSR count). The Morgan fingerprint density at radius 3 is 2.90 bits per heavy atom. The molecule has 7 nitrogen and oxygen atoms in total. The Morgan fingerprint density at radius 1 is 1.24 bits per heavy atom. The summed E-state index contributed by atoms with van der Waals surface area (Å²) in [4.78, 5) is 20.6. The van der Waals surface area contributed by atoms with E-state index in [4.69, 9.17) is 9.73 Å². The quantitative estimate of drug-likeness (QED) is 0.705. The molecular weight excluding hydrogens is 368 g/mol. The highest BCUT2D eigenvalue weighted by atomic mass is 16.5. The number of fused-ring (bicyclic) bond motifs is 2. The largest absolute Gasteiger partial charge is 0.491 e. The van der Waals surface area contributed by atoms with Gasteiger partial charge >= 0.3 is 0 Å². The maximum absolute atomic E-state index is 12.0. The number of hydrogen-bond acceptors (Lipinski definition) is 6. The van der Waals surface area contributed by atoms with E-state index in [1.807, 2.05) is 55.6 Å². The van der Waals surface area contributed by atoms with Crippen LogP contribution in [0.25, 0.3) is 0 Å². The number of nitrogens with zero attached hydrogens (tertiary/aromatic N) is 3. The third-order valence-corrected chi connectivity index (χ3v) is 5.22. The number of ether oxygens (including phenoxy) is 1. The maximum Gasteiger partial charge on any atom is 0.220 e. The Balaban J connectivity index is 1.29. The Labute approximate surface area is 170 Å². The number of benzene rings is 2. The molecule has 1 saturated heterocycles. The molecule has 0 spiro atoms. The van der Waals surface area contributed by atoms with Crippen molar-refractivity contribution in [2.75, 3.05) is 20.2 Å². The first-order chi connectivity index (χ1) is 14.1. The number of aliphatic hydroxyl groups excluding tert-OH is 1. The van der Waals surface area contributed by atoms with E-state index in [2.05, 4.69) is 10.2 Å². The topological polar surface area (TPSA) is 77.4 Å². The van der Waals surface area contributed by atoms with Crippen molar-refractivity contribution in [3.05, 3.63) is 59.7 Å². The summed E-state index contributed by atoms with van der Waals surface area (Å²) in [5.74, 6) is 1.50. The van der Waals surface area contributed by atoms with Crippen LogP contribution in [0, 0.1) is 0 Å². The molecule has 2 aliphatic rings. The van der Waals surface area contributed by atoms with Crippen molar-refractivity contribution in [2.24, 2.45) is 4.99 Å². The van der Waals surface area contributed by atoms with Crippen molar-refractivity contribution >= 4 is 17.6 Å². The first-order valence-corrected chi connectivity index (χ1v) is 9.91. The fourth-order valence-corrected chi connectivity index (χ4v) is 3.59. The second kappa shape index (κ2) is 8.53. The first kappa shape index (κ1) is 19.3. The molecule has 1 fully saturated rings. The summed E-state index contributed by atoms with van der Waals surface area (Å²) in [5, 5.41) is 13.0. The summed E-state index contributed by atoms with van der Waals surface area (Å²) < 4.78 is 5.94. The molecule has 2 N–H and O–H groups in total. The molecule has 0 aliphatic carbocycles. The summed E-state index contributed by atoms with van der Waals surface area (Å²) >= 11 is 0. The van der Waals surface area contributed by atoms with Gasteiger partial charge in [-0.2, -0.15) is 0 Å². The number of aliphatic imine (C=N–C) groups is 1. The van der Waals surface area contributed by atoms with Gasteiger partial charge in [-0.3, -0.25) is 4.79 Å². The van der Waals surface area contributed by atoms with Crippen molar-refractivity contribution in [1.29, 1.82) is 0 Å². The lowest BCUT2D eigenvalue weighted by molar-refractivity contribution is -0.121. The summed E-state index contributed by atoms with van der Waals surface area (Å²) in [6.07, 6.45) is 0.506. The smallest absolute Gasteiger partial charge is 0.220 e. The number of carbonyl (C=O) groups is 1. The van der Waals surface area contributed by atoms with E-state index in [9.17, 15) is 9.90 Å². The van der Waals surface area contributed by atoms with Crippen molar-refractivity contribution in [3.8, 4) is 5.75 Å². The van der Waals surface area contributed by atoms with Crippen molar-refractivity contribution in [1.82, 2.24) is 15.1 Å². The molecule has 2 aliphatic heterocycles. The predicted molar refractivity (Wildman–Crippen MR) is 111 cm³/mol. The monoisotopic (exact) mass is 394 g/mol. The normalized spacial score (nSPS) is 17.4. The highest BCUT2D eigenvalue weighted by molar-refractivity contribution is 5.88. The number of amides is 1. The van der Waals surface area contributed by atoms with Crippen LogP contribution in [0.2, 0.25) is 0 Å². The zero-order valence-corrected chi connectivity index (χ0v) is 16.5. The van der Waals surface area contributed by atoms with Crippen LogP contribution in [0.3, 0.4) is 0 Å². The SMILES string of the molecule is CN1C2=Nc3c(cccc3OCCCC(=O)NCc3ccccc3)CN2CC1O. The van der Waals surface area contributed by atoms with E-state index in [0.717, 1.165) is 22.8 Å². The summed E-state index contributed by atoms with van der Waals surface area (Å²) in [7, 11) is 1.84. The predicted octanol–water partition coefficient (Wildman–Crippen LogP) is 2.23. The standard InChI is InChI=1S/C22H26N4O3/c1-25-20(28)15-26-14-17-9-5-10-18(21(17)24-22(25)26)29-12-6-11-19(27)23-13-16-7-3-2-4-8-16/h2-5,7-10,20,28H,6,11-15H2,1H3,(H,23,27). The molecule has 2 aromatic carbocycles. The van der Waals surface area contributed by atoms with Gasteiger partial charge in [0.1, 0.15) is 17.7 Å². The molecule has 29 heavy (non-hydrogen) atoms. The third kappa shape index (κ3) is 4.35. The van der Waals surface area contributed by atoms with Gasteiger partial charge in [-0.15, -0.1) is 0 Å². The van der Waals surface area contributed by atoms with Gasteiger partial charge in [0.25, 0.3) is 0 Å². The molecule has 0 aromatic heterocycles. The summed E-state index contributed by atoms with van der Waals surface area (Å²) in [6.45, 7) is 2.24. The molecule has 2 heterocycles. The first-order valence-electron chi connectivity index (χ1n) is 9.91. The molecule has 0 bridgehead atoms. The average molecular weight is 394 g/mol. The fourth-order valence-electron chi connectivity index (χ4n) is 3.59. The fraction of sp³-hybridized carbons (Fsp3) is 0.364. The van der Waals surface area contributed by atoms with E-state index < -0.39 is 6.23 Å². The summed E-state index contributed by atoms with van der Waals surface area (Å²) in [5.41, 5.74) is 2.98. The molecule has 0 radical (unpaired) electrons. The van der Waals surface area contributed by atoms with Crippen molar-refractivity contribution in [2.45, 2.75) is 32.2 Å². The number of para-hydroxylation sites is 1. The average Bonchev–Trinajstić information content (AvgIpc) is 3.02. The van der Waals surface area contributed by atoms with Crippen LogP contribution in [0.4, 0.5) is 5.69 Å². The van der Waals surface area contributed by atoms with Crippen molar-refractivity contribution < 1.29 is 14.6 Å². The molecule has 0 saturated carbocycles. The van der Waals surface area contributed by atoms with E-state index >= 15 is 0 Å². The van der Waals surface area contributed by atoms with Crippen LogP contribution in [0.15, 0.2) is 53.5 Å². The van der Waals surface area contributed by atoms with Gasteiger partial charge in [0.2, 0.25) is 11.9 Å². The molecular formula is C22H26N4O3. The van der Waals surface area contributed by atoms with Crippen LogP contribution in [0.1, 0.15) is 24.0 Å². The number of rotatable bonds is 7. The van der Waals surface area contributed by atoms with E-state index in [1.54, 1.807) is 4.90 Å². The Kier molecular flexibility index (Phi) is 5.67. The van der Waals surface area contributed by atoms with Crippen LogP contribution < -0.4 is 10.1 Å². The van der Waals surface area contributed by atoms with E-state index in [1.165, 1.54) is 0 Å². The molecule has 1 atom stereocenters. The number of likely N-dealkylation sites (N-methyl/N-ethyl adjacent to an activating group) is 1. The lowest BCUT2D eigenvalue weighted by Crippen LogP contribution is -2.34. The lowest BCUT2D eigenvalue weighted by Gasteiger charge is -2.26. The minimum Gasteiger partial charge on any atom is -0.491 e. The third-order valence-electron chi connectivity index (χ3n) is 5.22. The van der Waals surface area contributed by atoms with Gasteiger partial charge in [-0.25, -0.2) is 4.99 Å². The van der Waals surface area contributed by atoms with Gasteiger partial charge in [-0.1, -0.05) is 42.5 Å². The van der Waals surface area contributed by atoms with Gasteiger partial charge in [0.15, 0.2) is 0 Å². The second-order valence-corrected chi connectivity index (χ2v) is 7.36. The van der Waals surface area contributed by atoms with Gasteiger partial charge in [0.05, 0.1) is 13.2 Å². The van der Waals surface area contributed by atoms with Gasteiger partial charge in [-0.05, 0) is 18.1 Å². The molecule has 1 unspecified atom stereocenters. The molecule has 1 amide bonds. The van der Waals surface area contributed by atoms with Crippen LogP contribution >= 0.6 is 0 Å². The number of guanidine groups is 1. The highest BCUT2D eigenvalue weighted by Crippen LogP contribution is 2.37. The minimum atomic E-state index is -0.540. The molecule has 152 valence electrons. The molecule has 2 aromatic rings. The Morgan fingerprint density at radius 2 is 2.07 bits per heavy atom. The maximum atomic E-state index is 12.0. The van der Waals surface area contributed by atoms with Crippen LogP contribution in [-0.2, 0) is 17.9 Å². The zero-order valence-electron chi connectivity index (χ0n) is 16.5. The number of nitrogens with one attached hydrogen (secondary N) is 1. The van der Waals surface area contributed by atoms with Crippen molar-refractivity contribution in [3.63, 3.8) is 0 Å².